The van der Waals surface area contributed by atoms with Crippen LogP contribution in [0.15, 0.2) is 23.8 Å². The molecule has 0 saturated carbocycles. The van der Waals surface area contributed by atoms with E-state index in [4.69, 9.17) is 23.2 Å². The van der Waals surface area contributed by atoms with Crippen LogP contribution in [0.4, 0.5) is 0 Å². The molecule has 0 aliphatic rings. The molecule has 2 nitrogen and oxygen atoms in total. The lowest BCUT2D eigenvalue weighted by Gasteiger charge is -2.05. The van der Waals surface area contributed by atoms with Crippen molar-refractivity contribution in [3.8, 4) is 0 Å². The molecule has 0 aromatic rings. The van der Waals surface area contributed by atoms with Gasteiger partial charge in [-0.3, -0.25) is 9.59 Å². The highest BCUT2D eigenvalue weighted by Crippen LogP contribution is 2.16. The fourth-order valence-corrected chi connectivity index (χ4v) is 1.05. The first kappa shape index (κ1) is 12.4. The molecule has 0 aromatic heterocycles. The van der Waals surface area contributed by atoms with Crippen molar-refractivity contribution >= 4 is 33.7 Å². The number of halogens is 2. The topological polar surface area (TPSA) is 34.1 Å². The minimum atomic E-state index is -0.664. The van der Waals surface area contributed by atoms with E-state index in [1.807, 2.05) is 0 Å². The van der Waals surface area contributed by atoms with Gasteiger partial charge in [-0.2, -0.15) is 0 Å². The predicted octanol–water partition coefficient (Wildman–Crippen LogP) is 2.66. The Hall–Kier alpha value is -0.600. The van der Waals surface area contributed by atoms with E-state index >= 15 is 0 Å². The van der Waals surface area contributed by atoms with Crippen molar-refractivity contribution in [2.45, 2.75) is 13.8 Å². The van der Waals surface area contributed by atoms with E-state index in [0.717, 1.165) is 0 Å². The Morgan fingerprint density at radius 3 is 2.15 bits per heavy atom. The Morgan fingerprint density at radius 1 is 1.31 bits per heavy atom. The van der Waals surface area contributed by atoms with Gasteiger partial charge in [-0.05, 0) is 37.0 Å². The van der Waals surface area contributed by atoms with Crippen molar-refractivity contribution in [1.82, 2.24) is 0 Å². The normalized spacial score (nSPS) is 14.6. The number of carbonyl (C=O) groups excluding carboxylic acids is 2. The average Bonchev–Trinajstić information content (AvgIpc) is 2.04. The van der Waals surface area contributed by atoms with Gasteiger partial charge in [0.2, 0.25) is 10.5 Å². The van der Waals surface area contributed by atoms with Crippen LogP contribution >= 0.6 is 23.2 Å². The van der Waals surface area contributed by atoms with Crippen LogP contribution < -0.4 is 0 Å². The second-order valence-electron chi connectivity index (χ2n) is 2.45. The fraction of sp³-hybridized carbons (Fsp3) is 0.333. The molecule has 4 heteroatoms. The molecule has 0 aliphatic carbocycles. The van der Waals surface area contributed by atoms with Gasteiger partial charge in [0.05, 0.1) is 5.92 Å². The molecule has 0 rings (SSSR count). The molecule has 0 spiro atoms. The van der Waals surface area contributed by atoms with Crippen molar-refractivity contribution in [2.75, 3.05) is 0 Å². The van der Waals surface area contributed by atoms with E-state index in [2.05, 4.69) is 0 Å². The Balaban J connectivity index is 4.81. The van der Waals surface area contributed by atoms with Crippen LogP contribution in [0, 0.1) is 5.92 Å². The lowest BCUT2D eigenvalue weighted by atomic mass is 10.0. The molecule has 0 heterocycles. The summed E-state index contributed by atoms with van der Waals surface area (Å²) in [6, 6.07) is 0. The molecule has 0 fully saturated rings. The largest absolute Gasteiger partial charge is 0.281 e. The minimum Gasteiger partial charge on any atom is -0.281 e. The molecular weight excluding hydrogens is 211 g/mol. The minimum absolute atomic E-state index is 0.208. The average molecular weight is 221 g/mol. The molecule has 0 bridgehead atoms. The van der Waals surface area contributed by atoms with Gasteiger partial charge in [-0.15, -0.1) is 0 Å². The summed E-state index contributed by atoms with van der Waals surface area (Å²) in [5.74, 6) is -0.664. The molecule has 0 aliphatic heterocycles. The maximum atomic E-state index is 10.8. The third kappa shape index (κ3) is 4.25. The van der Waals surface area contributed by atoms with E-state index in [-0.39, 0.29) is 5.57 Å². The molecule has 72 valence electrons. The molecule has 13 heavy (non-hydrogen) atoms. The molecule has 0 aromatic carbocycles. The van der Waals surface area contributed by atoms with Crippen molar-refractivity contribution in [3.63, 3.8) is 0 Å². The third-order valence-electron chi connectivity index (χ3n) is 1.50. The van der Waals surface area contributed by atoms with E-state index in [1.54, 1.807) is 19.1 Å². The summed E-state index contributed by atoms with van der Waals surface area (Å²) in [5, 5.41) is -1.25. The summed E-state index contributed by atoms with van der Waals surface area (Å²) in [6.45, 7) is 3.32. The highest BCUT2D eigenvalue weighted by Gasteiger charge is 2.19. The maximum Gasteiger partial charge on any atom is 0.249 e. The van der Waals surface area contributed by atoms with Crippen LogP contribution in [0.3, 0.4) is 0 Å². The summed E-state index contributed by atoms with van der Waals surface area (Å²) in [4.78, 5) is 21.6. The van der Waals surface area contributed by atoms with Crippen LogP contribution in [0.2, 0.25) is 0 Å². The van der Waals surface area contributed by atoms with Crippen LogP contribution in [0.1, 0.15) is 13.8 Å². The highest BCUT2D eigenvalue weighted by molar-refractivity contribution is 6.70. The van der Waals surface area contributed by atoms with Gasteiger partial charge in [-0.1, -0.05) is 18.2 Å². The maximum absolute atomic E-state index is 10.8. The molecule has 1 unspecified atom stereocenters. The Labute approximate surface area is 87.2 Å². The molecule has 0 saturated heterocycles. The number of hydrogen-bond acceptors (Lipinski definition) is 2. The van der Waals surface area contributed by atoms with Crippen molar-refractivity contribution < 1.29 is 9.59 Å². The summed E-state index contributed by atoms with van der Waals surface area (Å²) < 4.78 is 0. The van der Waals surface area contributed by atoms with Gasteiger partial charge in [0, 0.05) is 5.57 Å². The third-order valence-corrected chi connectivity index (χ3v) is 2.05. The zero-order valence-electron chi connectivity index (χ0n) is 7.38. The number of carbonyl (C=O) groups is 2. The Morgan fingerprint density at radius 2 is 1.85 bits per heavy atom. The SMILES string of the molecule is C/C=C\C=C(\C(=O)Cl)C(C)C(=O)Cl. The van der Waals surface area contributed by atoms with Gasteiger partial charge < -0.3 is 0 Å². The Bertz CT molecular complexity index is 267. The summed E-state index contributed by atoms with van der Waals surface area (Å²) in [7, 11) is 0. The first-order valence-corrected chi connectivity index (χ1v) is 4.48. The molecule has 0 radical (unpaired) electrons. The van der Waals surface area contributed by atoms with Crippen LogP contribution in [-0.2, 0) is 9.59 Å². The number of hydrogen-bond donors (Lipinski definition) is 0. The van der Waals surface area contributed by atoms with Gasteiger partial charge in [0.1, 0.15) is 0 Å². The van der Waals surface area contributed by atoms with Gasteiger partial charge in [0.25, 0.3) is 0 Å². The molecule has 0 amide bonds. The fourth-order valence-electron chi connectivity index (χ4n) is 0.702. The van der Waals surface area contributed by atoms with Crippen LogP contribution in [0.5, 0.6) is 0 Å². The van der Waals surface area contributed by atoms with Gasteiger partial charge in [-0.25, -0.2) is 0 Å². The van der Waals surface area contributed by atoms with Gasteiger partial charge in [0.15, 0.2) is 0 Å². The first-order chi connectivity index (χ1) is 6.00. The van der Waals surface area contributed by atoms with E-state index in [9.17, 15) is 9.59 Å². The quantitative estimate of drug-likeness (QED) is 0.415. The van der Waals surface area contributed by atoms with Crippen molar-refractivity contribution in [3.05, 3.63) is 23.8 Å². The first-order valence-electron chi connectivity index (χ1n) is 3.72. The Kier molecular flexibility index (Phi) is 5.67. The number of rotatable bonds is 4. The number of allylic oxidation sites excluding steroid dienone is 4. The summed E-state index contributed by atoms with van der Waals surface area (Å²) in [6.07, 6.45) is 4.84. The zero-order chi connectivity index (χ0) is 10.4. The van der Waals surface area contributed by atoms with E-state index in [0.29, 0.717) is 0 Å². The lowest BCUT2D eigenvalue weighted by Crippen LogP contribution is -2.11. The highest BCUT2D eigenvalue weighted by atomic mass is 35.5. The standard InChI is InChI=1S/C9H10Cl2O2/c1-3-4-5-7(9(11)13)6(2)8(10)12/h3-6H,1-2H3/b4-3-,7-5+. The van der Waals surface area contributed by atoms with Crippen LogP contribution in [0.25, 0.3) is 0 Å². The van der Waals surface area contributed by atoms with Crippen molar-refractivity contribution in [1.29, 1.82) is 0 Å². The van der Waals surface area contributed by atoms with Gasteiger partial charge >= 0.3 is 0 Å². The van der Waals surface area contributed by atoms with Crippen LogP contribution in [-0.4, -0.2) is 10.5 Å². The second kappa shape index (κ2) is 5.95. The predicted molar refractivity (Wildman–Crippen MR) is 53.8 cm³/mol. The molecule has 0 N–H and O–H groups in total. The summed E-state index contributed by atoms with van der Waals surface area (Å²) in [5.41, 5.74) is 0.208. The smallest absolute Gasteiger partial charge is 0.249 e. The van der Waals surface area contributed by atoms with Crippen molar-refractivity contribution in [2.24, 2.45) is 5.92 Å². The zero-order valence-corrected chi connectivity index (χ0v) is 8.89. The summed E-state index contributed by atoms with van der Waals surface area (Å²) >= 11 is 10.5. The monoisotopic (exact) mass is 220 g/mol. The van der Waals surface area contributed by atoms with E-state index < -0.39 is 16.4 Å². The molecular formula is C9H10Cl2O2. The lowest BCUT2D eigenvalue weighted by molar-refractivity contribution is -0.116. The van der Waals surface area contributed by atoms with E-state index in [1.165, 1.54) is 13.0 Å². The second-order valence-corrected chi connectivity index (χ2v) is 3.16. The molecule has 1 atom stereocenters.